The number of aromatic nitrogens is 3. The fourth-order valence-electron chi connectivity index (χ4n) is 3.11. The number of nitrogens with zero attached hydrogens (tertiary/aromatic N) is 6. The molecular formula is C18H28IN7S. The molecule has 2 aromatic heterocycles. The van der Waals surface area contributed by atoms with Gasteiger partial charge in [-0.2, -0.15) is 0 Å². The van der Waals surface area contributed by atoms with Gasteiger partial charge in [0, 0.05) is 63.5 Å². The molecule has 1 aliphatic rings. The molecule has 7 nitrogen and oxygen atoms in total. The Labute approximate surface area is 182 Å². The topological polar surface area (TPSA) is 69.5 Å². The second-order valence-electron chi connectivity index (χ2n) is 6.21. The van der Waals surface area contributed by atoms with Gasteiger partial charge in [-0.05, 0) is 19.4 Å². The van der Waals surface area contributed by atoms with E-state index in [9.17, 15) is 0 Å². The second kappa shape index (κ2) is 10.7. The zero-order chi connectivity index (χ0) is 18.4. The SMILES string of the molecule is CCc1nc(CCNC(=NC)N2CCN(c3ncccn3)CC2)sc1C.I. The van der Waals surface area contributed by atoms with Gasteiger partial charge < -0.3 is 15.1 Å². The molecule has 1 saturated heterocycles. The Bertz CT molecular complexity index is 727. The fourth-order valence-corrected chi connectivity index (χ4v) is 4.13. The largest absolute Gasteiger partial charge is 0.356 e. The number of thiazole rings is 1. The molecule has 0 aromatic carbocycles. The number of aryl methyl sites for hydroxylation is 2. The van der Waals surface area contributed by atoms with Crippen molar-refractivity contribution in [3.8, 4) is 0 Å². The average Bonchev–Trinajstić information content (AvgIpc) is 3.06. The van der Waals surface area contributed by atoms with E-state index in [4.69, 9.17) is 4.98 Å². The number of rotatable bonds is 5. The van der Waals surface area contributed by atoms with Crippen LogP contribution < -0.4 is 10.2 Å². The minimum atomic E-state index is 0. The van der Waals surface area contributed by atoms with Crippen LogP contribution in [-0.2, 0) is 12.8 Å². The lowest BCUT2D eigenvalue weighted by Crippen LogP contribution is -2.53. The molecule has 2 aromatic rings. The zero-order valence-electron chi connectivity index (χ0n) is 16.2. The van der Waals surface area contributed by atoms with Gasteiger partial charge in [0.2, 0.25) is 5.95 Å². The van der Waals surface area contributed by atoms with Crippen LogP contribution in [-0.4, -0.2) is 65.6 Å². The summed E-state index contributed by atoms with van der Waals surface area (Å²) in [4.78, 5) is 23.7. The maximum absolute atomic E-state index is 4.71. The van der Waals surface area contributed by atoms with Gasteiger partial charge in [0.25, 0.3) is 0 Å². The number of halogens is 1. The third-order valence-corrected chi connectivity index (χ3v) is 5.59. The number of hydrogen-bond donors (Lipinski definition) is 1. The molecule has 3 heterocycles. The van der Waals surface area contributed by atoms with Crippen LogP contribution in [0.15, 0.2) is 23.5 Å². The first-order valence-corrected chi connectivity index (χ1v) is 9.95. The Kier molecular flexibility index (Phi) is 8.68. The van der Waals surface area contributed by atoms with E-state index < -0.39 is 0 Å². The van der Waals surface area contributed by atoms with Crippen molar-refractivity contribution in [3.05, 3.63) is 34.0 Å². The Hall–Kier alpha value is -1.49. The summed E-state index contributed by atoms with van der Waals surface area (Å²) < 4.78 is 0. The van der Waals surface area contributed by atoms with Crippen molar-refractivity contribution in [2.75, 3.05) is 44.7 Å². The minimum Gasteiger partial charge on any atom is -0.356 e. The summed E-state index contributed by atoms with van der Waals surface area (Å²) >= 11 is 1.81. The Morgan fingerprint density at radius 1 is 1.22 bits per heavy atom. The van der Waals surface area contributed by atoms with Gasteiger partial charge in [-0.25, -0.2) is 15.0 Å². The number of nitrogens with one attached hydrogen (secondary N) is 1. The first-order valence-electron chi connectivity index (χ1n) is 9.14. The summed E-state index contributed by atoms with van der Waals surface area (Å²) in [5, 5.41) is 4.68. The highest BCUT2D eigenvalue weighted by atomic mass is 127. The summed E-state index contributed by atoms with van der Waals surface area (Å²) in [5.74, 6) is 1.77. The van der Waals surface area contributed by atoms with Crippen molar-refractivity contribution in [1.29, 1.82) is 0 Å². The quantitative estimate of drug-likeness (QED) is 0.386. The van der Waals surface area contributed by atoms with Crippen LogP contribution in [0, 0.1) is 6.92 Å². The van der Waals surface area contributed by atoms with E-state index in [1.165, 1.54) is 15.6 Å². The van der Waals surface area contributed by atoms with Crippen molar-refractivity contribution < 1.29 is 0 Å². The van der Waals surface area contributed by atoms with Crippen molar-refractivity contribution >= 4 is 47.2 Å². The maximum atomic E-state index is 4.71. The van der Waals surface area contributed by atoms with Gasteiger partial charge in [-0.3, -0.25) is 4.99 Å². The van der Waals surface area contributed by atoms with E-state index in [0.29, 0.717) is 0 Å². The molecule has 0 radical (unpaired) electrons. The Morgan fingerprint density at radius 3 is 2.52 bits per heavy atom. The molecule has 148 valence electrons. The molecule has 1 fully saturated rings. The van der Waals surface area contributed by atoms with Gasteiger partial charge in [0.15, 0.2) is 5.96 Å². The molecule has 0 aliphatic carbocycles. The van der Waals surface area contributed by atoms with Gasteiger partial charge in [0.05, 0.1) is 10.7 Å². The monoisotopic (exact) mass is 501 g/mol. The van der Waals surface area contributed by atoms with E-state index in [1.54, 1.807) is 23.7 Å². The number of piperazine rings is 1. The summed E-state index contributed by atoms with van der Waals surface area (Å²) in [6.07, 6.45) is 5.52. The molecule has 1 aliphatic heterocycles. The summed E-state index contributed by atoms with van der Waals surface area (Å²) in [6.45, 7) is 8.79. The van der Waals surface area contributed by atoms with Crippen LogP contribution in [0.1, 0.15) is 22.5 Å². The minimum absolute atomic E-state index is 0. The molecular weight excluding hydrogens is 473 g/mol. The Balaban J connectivity index is 0.00000261. The highest BCUT2D eigenvalue weighted by molar-refractivity contribution is 14.0. The predicted octanol–water partition coefficient (Wildman–Crippen LogP) is 2.36. The molecule has 0 unspecified atom stereocenters. The molecule has 0 atom stereocenters. The average molecular weight is 501 g/mol. The van der Waals surface area contributed by atoms with E-state index in [-0.39, 0.29) is 24.0 Å². The maximum Gasteiger partial charge on any atom is 0.225 e. The van der Waals surface area contributed by atoms with Crippen molar-refractivity contribution in [2.45, 2.75) is 26.7 Å². The summed E-state index contributed by atoms with van der Waals surface area (Å²) in [5.41, 5.74) is 1.23. The lowest BCUT2D eigenvalue weighted by Gasteiger charge is -2.36. The fraction of sp³-hybridized carbons (Fsp3) is 0.556. The standard InChI is InChI=1S/C18H27N7S.HI/c1-4-15-14(2)26-16(23-15)6-9-22-17(19-3)24-10-12-25(13-11-24)18-20-7-5-8-21-18;/h5,7-8H,4,6,9-13H2,1-3H3,(H,19,22);1H. The van der Waals surface area contributed by atoms with E-state index >= 15 is 0 Å². The number of aliphatic imine (C=N–C) groups is 1. The zero-order valence-corrected chi connectivity index (χ0v) is 19.3. The summed E-state index contributed by atoms with van der Waals surface area (Å²) in [6, 6.07) is 1.85. The van der Waals surface area contributed by atoms with Gasteiger partial charge in [-0.1, -0.05) is 6.92 Å². The van der Waals surface area contributed by atoms with Gasteiger partial charge in [-0.15, -0.1) is 35.3 Å². The van der Waals surface area contributed by atoms with Crippen LogP contribution in [0.2, 0.25) is 0 Å². The van der Waals surface area contributed by atoms with Crippen molar-refractivity contribution in [3.63, 3.8) is 0 Å². The van der Waals surface area contributed by atoms with Crippen LogP contribution in [0.3, 0.4) is 0 Å². The highest BCUT2D eigenvalue weighted by Crippen LogP contribution is 2.18. The first-order chi connectivity index (χ1) is 12.7. The smallest absolute Gasteiger partial charge is 0.225 e. The van der Waals surface area contributed by atoms with E-state index in [0.717, 1.165) is 57.5 Å². The lowest BCUT2D eigenvalue weighted by atomic mass is 10.3. The van der Waals surface area contributed by atoms with Crippen molar-refractivity contribution in [2.24, 2.45) is 4.99 Å². The van der Waals surface area contributed by atoms with Crippen LogP contribution in [0.5, 0.6) is 0 Å². The molecule has 1 N–H and O–H groups in total. The summed E-state index contributed by atoms with van der Waals surface area (Å²) in [7, 11) is 1.84. The normalized spacial score (nSPS) is 14.9. The van der Waals surface area contributed by atoms with E-state index in [2.05, 4.69) is 43.9 Å². The molecule has 0 amide bonds. The predicted molar refractivity (Wildman–Crippen MR) is 123 cm³/mol. The van der Waals surface area contributed by atoms with Gasteiger partial charge in [0.1, 0.15) is 0 Å². The molecule has 9 heteroatoms. The Morgan fingerprint density at radius 2 is 1.93 bits per heavy atom. The first kappa shape index (κ1) is 21.8. The van der Waals surface area contributed by atoms with Gasteiger partial charge >= 0.3 is 0 Å². The number of hydrogen-bond acceptors (Lipinski definition) is 6. The van der Waals surface area contributed by atoms with Crippen LogP contribution >= 0.6 is 35.3 Å². The van der Waals surface area contributed by atoms with Crippen molar-refractivity contribution in [1.82, 2.24) is 25.2 Å². The van der Waals surface area contributed by atoms with Crippen LogP contribution in [0.25, 0.3) is 0 Å². The molecule has 0 spiro atoms. The molecule has 3 rings (SSSR count). The van der Waals surface area contributed by atoms with Crippen LogP contribution in [0.4, 0.5) is 5.95 Å². The third-order valence-electron chi connectivity index (χ3n) is 4.52. The lowest BCUT2D eigenvalue weighted by molar-refractivity contribution is 0.370. The van der Waals surface area contributed by atoms with E-state index in [1.807, 2.05) is 13.1 Å². The second-order valence-corrected chi connectivity index (χ2v) is 7.50. The molecule has 0 saturated carbocycles. The molecule has 27 heavy (non-hydrogen) atoms. The molecule has 0 bridgehead atoms. The number of guanidine groups is 1. The number of anilines is 1. The highest BCUT2D eigenvalue weighted by Gasteiger charge is 2.21. The third kappa shape index (κ3) is 5.74.